The van der Waals surface area contributed by atoms with Gasteiger partial charge in [0.1, 0.15) is 5.82 Å². The van der Waals surface area contributed by atoms with E-state index in [2.05, 4.69) is 32.5 Å². The maximum Gasteiger partial charge on any atom is 0.315 e. The first kappa shape index (κ1) is 17.3. The van der Waals surface area contributed by atoms with Crippen molar-refractivity contribution in [3.63, 3.8) is 0 Å². The number of nitrogens with one attached hydrogen (secondary N) is 2. The molecule has 2 N–H and O–H groups in total. The minimum atomic E-state index is -0.105. The SMILES string of the molecule is Cc1nn(C)c(C)c1CCNC(=O)NC1CCN(c2ccccn2)C1. The van der Waals surface area contributed by atoms with E-state index >= 15 is 0 Å². The van der Waals surface area contributed by atoms with Crippen LogP contribution in [0.3, 0.4) is 0 Å². The van der Waals surface area contributed by atoms with Gasteiger partial charge in [0.2, 0.25) is 0 Å². The number of nitrogens with zero attached hydrogens (tertiary/aromatic N) is 4. The third-order valence-electron chi connectivity index (χ3n) is 4.82. The number of hydrogen-bond acceptors (Lipinski definition) is 4. The topological polar surface area (TPSA) is 75.1 Å². The van der Waals surface area contributed by atoms with Gasteiger partial charge in [0.25, 0.3) is 0 Å². The van der Waals surface area contributed by atoms with Gasteiger partial charge < -0.3 is 15.5 Å². The first-order valence-corrected chi connectivity index (χ1v) is 8.74. The molecule has 7 nitrogen and oxygen atoms in total. The summed E-state index contributed by atoms with van der Waals surface area (Å²) in [6.07, 6.45) is 3.53. The molecule has 1 unspecified atom stereocenters. The van der Waals surface area contributed by atoms with Crippen LogP contribution >= 0.6 is 0 Å². The van der Waals surface area contributed by atoms with E-state index in [4.69, 9.17) is 0 Å². The van der Waals surface area contributed by atoms with Gasteiger partial charge in [0.15, 0.2) is 0 Å². The molecule has 0 aliphatic carbocycles. The van der Waals surface area contributed by atoms with Gasteiger partial charge in [-0.25, -0.2) is 9.78 Å². The summed E-state index contributed by atoms with van der Waals surface area (Å²) in [6.45, 7) is 6.38. The monoisotopic (exact) mass is 342 g/mol. The van der Waals surface area contributed by atoms with E-state index in [0.717, 1.165) is 43.1 Å². The maximum atomic E-state index is 12.1. The Morgan fingerprint density at radius 2 is 2.20 bits per heavy atom. The molecule has 1 fully saturated rings. The van der Waals surface area contributed by atoms with Crippen molar-refractivity contribution in [3.05, 3.63) is 41.3 Å². The predicted octanol–water partition coefficient (Wildman–Crippen LogP) is 1.55. The highest BCUT2D eigenvalue weighted by atomic mass is 16.2. The van der Waals surface area contributed by atoms with Crippen molar-refractivity contribution in [2.75, 3.05) is 24.5 Å². The highest BCUT2D eigenvalue weighted by Gasteiger charge is 2.24. The molecule has 2 aromatic heterocycles. The molecule has 2 aromatic rings. The molecule has 0 bridgehead atoms. The van der Waals surface area contributed by atoms with Gasteiger partial charge >= 0.3 is 6.03 Å². The summed E-state index contributed by atoms with van der Waals surface area (Å²) in [5.41, 5.74) is 3.40. The lowest BCUT2D eigenvalue weighted by Crippen LogP contribution is -2.44. The molecule has 1 aliphatic heterocycles. The molecule has 7 heteroatoms. The zero-order valence-corrected chi connectivity index (χ0v) is 15.1. The van der Waals surface area contributed by atoms with Crippen molar-refractivity contribution in [3.8, 4) is 0 Å². The highest BCUT2D eigenvalue weighted by molar-refractivity contribution is 5.74. The Bertz CT molecular complexity index is 727. The lowest BCUT2D eigenvalue weighted by Gasteiger charge is -2.18. The Hall–Kier alpha value is -2.57. The second-order valence-corrected chi connectivity index (χ2v) is 6.54. The fourth-order valence-electron chi connectivity index (χ4n) is 3.34. The molecule has 134 valence electrons. The molecule has 1 aliphatic rings. The van der Waals surface area contributed by atoms with E-state index in [1.165, 1.54) is 5.56 Å². The van der Waals surface area contributed by atoms with E-state index in [9.17, 15) is 4.79 Å². The Morgan fingerprint density at radius 3 is 2.88 bits per heavy atom. The molecule has 0 aromatic carbocycles. The largest absolute Gasteiger partial charge is 0.354 e. The number of amides is 2. The van der Waals surface area contributed by atoms with Crippen molar-refractivity contribution < 1.29 is 4.79 Å². The van der Waals surface area contributed by atoms with Crippen LogP contribution in [0.5, 0.6) is 0 Å². The fraction of sp³-hybridized carbons (Fsp3) is 0.500. The molecule has 0 radical (unpaired) electrons. The molecular formula is C18H26N6O. The zero-order chi connectivity index (χ0) is 17.8. The van der Waals surface area contributed by atoms with Crippen LogP contribution in [0, 0.1) is 13.8 Å². The second kappa shape index (κ2) is 7.55. The van der Waals surface area contributed by atoms with Crippen molar-refractivity contribution in [1.29, 1.82) is 0 Å². The molecular weight excluding hydrogens is 316 g/mol. The molecule has 1 saturated heterocycles. The Balaban J connectivity index is 1.43. The summed E-state index contributed by atoms with van der Waals surface area (Å²) in [4.78, 5) is 18.7. The van der Waals surface area contributed by atoms with Crippen LogP contribution in [-0.2, 0) is 13.5 Å². The van der Waals surface area contributed by atoms with Gasteiger partial charge in [-0.3, -0.25) is 4.68 Å². The van der Waals surface area contributed by atoms with Gasteiger partial charge in [0.05, 0.1) is 5.69 Å². The highest BCUT2D eigenvalue weighted by Crippen LogP contribution is 2.17. The summed E-state index contributed by atoms with van der Waals surface area (Å²) in [6, 6.07) is 5.95. The summed E-state index contributed by atoms with van der Waals surface area (Å²) >= 11 is 0. The van der Waals surface area contributed by atoms with Crippen molar-refractivity contribution in [2.45, 2.75) is 32.7 Å². The Kier molecular flexibility index (Phi) is 5.21. The van der Waals surface area contributed by atoms with Crippen LogP contribution in [0.4, 0.5) is 10.6 Å². The summed E-state index contributed by atoms with van der Waals surface area (Å²) < 4.78 is 1.88. The lowest BCUT2D eigenvalue weighted by atomic mass is 10.1. The minimum absolute atomic E-state index is 0.105. The van der Waals surface area contributed by atoms with E-state index in [1.54, 1.807) is 6.20 Å². The van der Waals surface area contributed by atoms with Gasteiger partial charge in [-0.05, 0) is 44.4 Å². The third kappa shape index (κ3) is 4.10. The van der Waals surface area contributed by atoms with Crippen LogP contribution in [0.15, 0.2) is 24.4 Å². The number of carbonyl (C=O) groups is 1. The Labute approximate surface area is 148 Å². The number of aromatic nitrogens is 3. The van der Waals surface area contributed by atoms with Gasteiger partial charge in [-0.2, -0.15) is 5.10 Å². The van der Waals surface area contributed by atoms with Crippen molar-refractivity contribution >= 4 is 11.8 Å². The first-order chi connectivity index (χ1) is 12.0. The number of carbonyl (C=O) groups excluding carboxylic acids is 1. The predicted molar refractivity (Wildman–Crippen MR) is 97.8 cm³/mol. The third-order valence-corrected chi connectivity index (χ3v) is 4.82. The molecule has 0 saturated carbocycles. The lowest BCUT2D eigenvalue weighted by molar-refractivity contribution is 0.238. The number of urea groups is 1. The normalized spacial score (nSPS) is 16.9. The van der Waals surface area contributed by atoms with Gasteiger partial charge in [0, 0.05) is 44.6 Å². The average Bonchev–Trinajstić information content (AvgIpc) is 3.15. The van der Waals surface area contributed by atoms with E-state index in [-0.39, 0.29) is 12.1 Å². The maximum absolute atomic E-state index is 12.1. The molecule has 3 rings (SSSR count). The van der Waals surface area contributed by atoms with Crippen LogP contribution in [0.2, 0.25) is 0 Å². The molecule has 1 atom stereocenters. The molecule has 0 spiro atoms. The second-order valence-electron chi connectivity index (χ2n) is 6.54. The van der Waals surface area contributed by atoms with Gasteiger partial charge in [-0.1, -0.05) is 6.07 Å². The smallest absolute Gasteiger partial charge is 0.315 e. The number of anilines is 1. The van der Waals surface area contributed by atoms with Crippen LogP contribution < -0.4 is 15.5 Å². The van der Waals surface area contributed by atoms with Crippen molar-refractivity contribution in [2.24, 2.45) is 7.05 Å². The standard InChI is InChI=1S/C18H26N6O/c1-13-16(14(2)23(3)22-13)7-10-20-18(25)21-15-8-11-24(12-15)17-6-4-5-9-19-17/h4-6,9,15H,7-8,10-12H2,1-3H3,(H2,20,21,25). The number of rotatable bonds is 5. The quantitative estimate of drug-likeness (QED) is 0.865. The summed E-state index contributed by atoms with van der Waals surface area (Å²) in [7, 11) is 1.94. The zero-order valence-electron chi connectivity index (χ0n) is 15.1. The number of hydrogen-bond donors (Lipinski definition) is 2. The summed E-state index contributed by atoms with van der Waals surface area (Å²) in [5.74, 6) is 0.967. The van der Waals surface area contributed by atoms with Crippen LogP contribution in [0.25, 0.3) is 0 Å². The van der Waals surface area contributed by atoms with E-state index in [1.807, 2.05) is 36.9 Å². The Morgan fingerprint density at radius 1 is 1.36 bits per heavy atom. The molecule has 25 heavy (non-hydrogen) atoms. The minimum Gasteiger partial charge on any atom is -0.354 e. The number of aryl methyl sites for hydroxylation is 2. The van der Waals surface area contributed by atoms with Crippen LogP contribution in [0.1, 0.15) is 23.4 Å². The molecule has 3 heterocycles. The van der Waals surface area contributed by atoms with Crippen LogP contribution in [-0.4, -0.2) is 46.5 Å². The summed E-state index contributed by atoms with van der Waals surface area (Å²) in [5, 5.41) is 10.4. The average molecular weight is 342 g/mol. The van der Waals surface area contributed by atoms with E-state index < -0.39 is 0 Å². The van der Waals surface area contributed by atoms with Crippen molar-refractivity contribution in [1.82, 2.24) is 25.4 Å². The fourth-order valence-corrected chi connectivity index (χ4v) is 3.34. The van der Waals surface area contributed by atoms with E-state index in [0.29, 0.717) is 6.54 Å². The number of pyridine rings is 1. The molecule has 2 amide bonds. The van der Waals surface area contributed by atoms with Gasteiger partial charge in [-0.15, -0.1) is 0 Å². The first-order valence-electron chi connectivity index (χ1n) is 8.74.